The van der Waals surface area contributed by atoms with Crippen LogP contribution >= 0.6 is 0 Å². The van der Waals surface area contributed by atoms with Crippen LogP contribution in [0, 0.1) is 0 Å². The molecule has 0 aromatic rings. The molecule has 86 valence electrons. The van der Waals surface area contributed by atoms with Gasteiger partial charge in [0.15, 0.2) is 11.7 Å². The molecule has 1 saturated heterocycles. The summed E-state index contributed by atoms with van der Waals surface area (Å²) < 4.78 is 5.12. The van der Waals surface area contributed by atoms with Gasteiger partial charge in [-0.1, -0.05) is 0 Å². The van der Waals surface area contributed by atoms with E-state index in [9.17, 15) is 20.1 Å². The Labute approximate surface area is 88.0 Å². The van der Waals surface area contributed by atoms with Gasteiger partial charge in [-0.2, -0.15) is 0 Å². The molecule has 0 amide bonds. The normalized spacial score (nSPS) is 38.3. The Morgan fingerprint density at radius 2 is 2.00 bits per heavy atom. The maximum Gasteiger partial charge on any atom is 0.180 e. The summed E-state index contributed by atoms with van der Waals surface area (Å²) in [6, 6.07) is 0. The molecular formula is C10H16O5. The van der Waals surface area contributed by atoms with Gasteiger partial charge < -0.3 is 20.1 Å². The Balaban J connectivity index is 2.78. The van der Waals surface area contributed by atoms with Crippen LogP contribution in [0.5, 0.6) is 0 Å². The highest BCUT2D eigenvalue weighted by molar-refractivity contribution is 5.49. The second-order valence-corrected chi connectivity index (χ2v) is 3.79. The zero-order chi connectivity index (χ0) is 11.4. The first kappa shape index (κ1) is 12.2. The molecule has 1 fully saturated rings. The van der Waals surface area contributed by atoms with E-state index in [1.807, 2.05) is 0 Å². The summed E-state index contributed by atoms with van der Waals surface area (Å²) in [5, 5.41) is 28.6. The van der Waals surface area contributed by atoms with Gasteiger partial charge in [-0.15, -0.1) is 0 Å². The van der Waals surface area contributed by atoms with Crippen molar-refractivity contribution in [2.75, 3.05) is 0 Å². The van der Waals surface area contributed by atoms with Gasteiger partial charge in [0, 0.05) is 6.42 Å². The van der Waals surface area contributed by atoms with Gasteiger partial charge in [0.25, 0.3) is 0 Å². The number of allylic oxidation sites excluding steroid dienone is 1. The highest BCUT2D eigenvalue weighted by Gasteiger charge is 2.31. The smallest absolute Gasteiger partial charge is 0.180 e. The molecular weight excluding hydrogens is 200 g/mol. The van der Waals surface area contributed by atoms with Gasteiger partial charge >= 0.3 is 0 Å². The van der Waals surface area contributed by atoms with Crippen LogP contribution < -0.4 is 0 Å². The summed E-state index contributed by atoms with van der Waals surface area (Å²) in [4.78, 5) is 10.5. The second-order valence-electron chi connectivity index (χ2n) is 3.79. The van der Waals surface area contributed by atoms with E-state index in [2.05, 4.69) is 0 Å². The predicted molar refractivity (Wildman–Crippen MR) is 51.6 cm³/mol. The monoisotopic (exact) mass is 216 g/mol. The van der Waals surface area contributed by atoms with Gasteiger partial charge in [-0.3, -0.25) is 0 Å². The largest absolute Gasteiger partial charge is 0.481 e. The molecule has 15 heavy (non-hydrogen) atoms. The van der Waals surface area contributed by atoms with E-state index in [-0.39, 0.29) is 5.76 Å². The topological polar surface area (TPSA) is 87.0 Å². The Bertz CT molecular complexity index is 259. The Morgan fingerprint density at radius 3 is 2.60 bits per heavy atom. The van der Waals surface area contributed by atoms with Gasteiger partial charge in [0.05, 0.1) is 6.10 Å². The van der Waals surface area contributed by atoms with Crippen molar-refractivity contribution >= 4 is 5.94 Å². The number of hydrogen-bond acceptors (Lipinski definition) is 5. The first-order chi connectivity index (χ1) is 7.06. The Morgan fingerprint density at radius 1 is 1.33 bits per heavy atom. The molecule has 0 spiro atoms. The highest BCUT2D eigenvalue weighted by Crippen LogP contribution is 2.19. The molecule has 0 radical (unpaired) electrons. The lowest BCUT2D eigenvalue weighted by Gasteiger charge is -2.25. The van der Waals surface area contributed by atoms with E-state index in [4.69, 9.17) is 4.74 Å². The van der Waals surface area contributed by atoms with Crippen LogP contribution in [0.3, 0.4) is 0 Å². The number of aliphatic hydroxyl groups excluding tert-OH is 3. The van der Waals surface area contributed by atoms with Crippen LogP contribution in [0.2, 0.25) is 0 Å². The lowest BCUT2D eigenvalue weighted by atomic mass is 10.0. The van der Waals surface area contributed by atoms with Gasteiger partial charge in [-0.25, -0.2) is 4.79 Å². The molecule has 1 rings (SSSR count). The SMILES string of the molecule is CC1OC(=C=O)CCCC(O)C(O)[C@@H]1O. The van der Waals surface area contributed by atoms with Crippen molar-refractivity contribution in [1.82, 2.24) is 0 Å². The van der Waals surface area contributed by atoms with E-state index in [1.165, 1.54) is 6.92 Å². The summed E-state index contributed by atoms with van der Waals surface area (Å²) in [7, 11) is 0. The molecule has 4 atom stereocenters. The fourth-order valence-corrected chi connectivity index (χ4v) is 1.58. The number of rotatable bonds is 0. The molecule has 1 aliphatic heterocycles. The molecule has 0 aromatic carbocycles. The molecule has 3 unspecified atom stereocenters. The van der Waals surface area contributed by atoms with Crippen molar-refractivity contribution in [3.63, 3.8) is 0 Å². The molecule has 1 aliphatic rings. The standard InChI is InChI=1S/C10H16O5/c1-6-9(13)10(14)8(12)4-2-3-7(5-11)15-6/h6,8-10,12-14H,2-4H2,1H3/t6?,8?,9-,10?/m1/s1. The Hall–Kier alpha value is -0.870. The minimum Gasteiger partial charge on any atom is -0.481 e. The van der Waals surface area contributed by atoms with Crippen LogP contribution in [0.1, 0.15) is 26.2 Å². The molecule has 5 nitrogen and oxygen atoms in total. The van der Waals surface area contributed by atoms with E-state index in [0.717, 1.165) is 0 Å². The third-order valence-electron chi connectivity index (χ3n) is 2.57. The minimum absolute atomic E-state index is 0.128. The van der Waals surface area contributed by atoms with Crippen LogP contribution in [-0.2, 0) is 9.53 Å². The summed E-state index contributed by atoms with van der Waals surface area (Å²) in [6.45, 7) is 1.53. The molecule has 5 heteroatoms. The van der Waals surface area contributed by atoms with Crippen LogP contribution in [-0.4, -0.2) is 45.7 Å². The maximum absolute atomic E-state index is 10.5. The van der Waals surface area contributed by atoms with Crippen molar-refractivity contribution < 1.29 is 24.9 Å². The van der Waals surface area contributed by atoms with Gasteiger partial charge in [0.1, 0.15) is 18.3 Å². The lowest BCUT2D eigenvalue weighted by molar-refractivity contribution is -0.103. The molecule has 0 bridgehead atoms. The predicted octanol–water partition coefficient (Wildman–Crippen LogP) is -0.626. The zero-order valence-corrected chi connectivity index (χ0v) is 8.59. The third-order valence-corrected chi connectivity index (χ3v) is 2.57. The third kappa shape index (κ3) is 3.04. The van der Waals surface area contributed by atoms with Crippen molar-refractivity contribution in [2.24, 2.45) is 0 Å². The van der Waals surface area contributed by atoms with Crippen molar-refractivity contribution in [2.45, 2.75) is 50.6 Å². The average Bonchev–Trinajstić information content (AvgIpc) is 2.27. The Kier molecular flexibility index (Phi) is 4.29. The molecule has 0 saturated carbocycles. The van der Waals surface area contributed by atoms with Gasteiger partial charge in [0.2, 0.25) is 0 Å². The van der Waals surface area contributed by atoms with Crippen LogP contribution in [0.4, 0.5) is 0 Å². The molecule has 0 aromatic heterocycles. The second kappa shape index (κ2) is 5.28. The first-order valence-corrected chi connectivity index (χ1v) is 5.01. The maximum atomic E-state index is 10.5. The first-order valence-electron chi connectivity index (χ1n) is 5.01. The fraction of sp³-hybridized carbons (Fsp3) is 0.800. The zero-order valence-electron chi connectivity index (χ0n) is 8.59. The molecule has 1 heterocycles. The fourth-order valence-electron chi connectivity index (χ4n) is 1.58. The van der Waals surface area contributed by atoms with Crippen LogP contribution in [0.25, 0.3) is 0 Å². The summed E-state index contributed by atoms with van der Waals surface area (Å²) in [5.41, 5.74) is 0. The van der Waals surface area contributed by atoms with Gasteiger partial charge in [-0.05, 0) is 19.8 Å². The summed E-state index contributed by atoms with van der Waals surface area (Å²) in [5.74, 6) is 1.78. The van der Waals surface area contributed by atoms with E-state index < -0.39 is 24.4 Å². The highest BCUT2D eigenvalue weighted by atomic mass is 16.5. The summed E-state index contributed by atoms with van der Waals surface area (Å²) >= 11 is 0. The number of hydrogen-bond donors (Lipinski definition) is 3. The number of carbonyl (C=O) groups excluding carboxylic acids is 1. The molecule has 0 aliphatic carbocycles. The van der Waals surface area contributed by atoms with E-state index in [1.54, 1.807) is 5.94 Å². The van der Waals surface area contributed by atoms with Crippen LogP contribution in [0.15, 0.2) is 5.76 Å². The van der Waals surface area contributed by atoms with Crippen molar-refractivity contribution in [3.05, 3.63) is 5.76 Å². The average molecular weight is 216 g/mol. The number of aliphatic hydroxyl groups is 3. The molecule has 3 N–H and O–H groups in total. The van der Waals surface area contributed by atoms with Crippen molar-refractivity contribution in [3.8, 4) is 0 Å². The lowest BCUT2D eigenvalue weighted by Crippen LogP contribution is -2.43. The van der Waals surface area contributed by atoms with E-state index in [0.29, 0.717) is 19.3 Å². The minimum atomic E-state index is -1.24. The summed E-state index contributed by atoms with van der Waals surface area (Å²) in [6.07, 6.45) is -2.97. The van der Waals surface area contributed by atoms with E-state index >= 15 is 0 Å². The quantitative estimate of drug-likeness (QED) is 0.469. The van der Waals surface area contributed by atoms with Crippen molar-refractivity contribution in [1.29, 1.82) is 0 Å². The number of ether oxygens (including phenoxy) is 1.